The van der Waals surface area contributed by atoms with E-state index >= 15 is 0 Å². The first-order valence-electron chi connectivity index (χ1n) is 8.25. The number of hydrogen-bond donors (Lipinski definition) is 1. The minimum atomic E-state index is 0. The second kappa shape index (κ2) is 9.74. The first-order valence-corrected chi connectivity index (χ1v) is 9.40. The van der Waals surface area contributed by atoms with Crippen molar-refractivity contribution in [2.45, 2.75) is 19.4 Å². The van der Waals surface area contributed by atoms with Gasteiger partial charge in [-0.05, 0) is 24.0 Å². The standard InChI is InChI=1S/C17H26N4S.HI/c18-17(21-10-12-22-13-11-21)19-7-3-8-20-9-6-15-4-1-2-5-16(15)14-20;/h1-2,4-5H,3,6-14H2,(H2,18,19);1H. The van der Waals surface area contributed by atoms with Gasteiger partial charge in [-0.25, -0.2) is 0 Å². The van der Waals surface area contributed by atoms with Gasteiger partial charge in [-0.15, -0.1) is 24.0 Å². The van der Waals surface area contributed by atoms with Crippen molar-refractivity contribution in [1.82, 2.24) is 9.80 Å². The van der Waals surface area contributed by atoms with Crippen LogP contribution >= 0.6 is 35.7 Å². The Morgan fingerprint density at radius 2 is 1.87 bits per heavy atom. The summed E-state index contributed by atoms with van der Waals surface area (Å²) >= 11 is 2.00. The molecule has 0 saturated carbocycles. The molecule has 1 aromatic rings. The Morgan fingerprint density at radius 1 is 1.13 bits per heavy atom. The molecule has 128 valence electrons. The Kier molecular flexibility index (Phi) is 7.98. The van der Waals surface area contributed by atoms with Gasteiger partial charge >= 0.3 is 0 Å². The Morgan fingerprint density at radius 3 is 2.65 bits per heavy atom. The monoisotopic (exact) mass is 446 g/mol. The lowest BCUT2D eigenvalue weighted by Crippen LogP contribution is -2.42. The number of guanidine groups is 1. The number of aliphatic imine (C=N–C) groups is 1. The summed E-state index contributed by atoms with van der Waals surface area (Å²) in [6.45, 7) is 6.29. The Labute approximate surface area is 160 Å². The van der Waals surface area contributed by atoms with Gasteiger partial charge < -0.3 is 10.6 Å². The van der Waals surface area contributed by atoms with Crippen LogP contribution < -0.4 is 5.73 Å². The number of nitrogens with zero attached hydrogens (tertiary/aromatic N) is 3. The fraction of sp³-hybridized carbons (Fsp3) is 0.588. The van der Waals surface area contributed by atoms with Crippen molar-refractivity contribution in [2.24, 2.45) is 10.7 Å². The fourth-order valence-corrected chi connectivity index (χ4v) is 4.03. The van der Waals surface area contributed by atoms with Crippen LogP contribution in [0.4, 0.5) is 0 Å². The van der Waals surface area contributed by atoms with E-state index in [1.807, 2.05) is 11.8 Å². The zero-order valence-corrected chi connectivity index (χ0v) is 16.8. The molecule has 0 amide bonds. The lowest BCUT2D eigenvalue weighted by Gasteiger charge is -2.29. The number of thioether (sulfide) groups is 1. The summed E-state index contributed by atoms with van der Waals surface area (Å²) in [5.41, 5.74) is 9.09. The molecule has 1 fully saturated rings. The summed E-state index contributed by atoms with van der Waals surface area (Å²) in [5, 5.41) is 0. The normalized spacial score (nSPS) is 19.1. The van der Waals surface area contributed by atoms with Crippen LogP contribution in [0.3, 0.4) is 0 Å². The van der Waals surface area contributed by atoms with Crippen LogP contribution in [0, 0.1) is 0 Å². The molecular weight excluding hydrogens is 419 g/mol. The molecule has 0 aromatic heterocycles. The molecular formula is C17H27IN4S. The molecule has 2 aliphatic heterocycles. The third-order valence-corrected chi connectivity index (χ3v) is 5.39. The highest BCUT2D eigenvalue weighted by Gasteiger charge is 2.15. The number of halogens is 1. The minimum absolute atomic E-state index is 0. The maximum Gasteiger partial charge on any atom is 0.191 e. The molecule has 1 saturated heterocycles. The Balaban J connectivity index is 0.00000192. The van der Waals surface area contributed by atoms with Gasteiger partial charge in [0.15, 0.2) is 5.96 Å². The van der Waals surface area contributed by atoms with E-state index in [1.165, 1.54) is 35.6 Å². The molecule has 0 bridgehead atoms. The van der Waals surface area contributed by atoms with Gasteiger partial charge in [0.25, 0.3) is 0 Å². The van der Waals surface area contributed by atoms with Crippen LogP contribution in [0.2, 0.25) is 0 Å². The fourth-order valence-electron chi connectivity index (χ4n) is 3.13. The quantitative estimate of drug-likeness (QED) is 0.334. The second-order valence-electron chi connectivity index (χ2n) is 5.99. The molecule has 23 heavy (non-hydrogen) atoms. The van der Waals surface area contributed by atoms with Gasteiger partial charge in [0.2, 0.25) is 0 Å². The molecule has 0 spiro atoms. The number of benzene rings is 1. The molecule has 2 heterocycles. The van der Waals surface area contributed by atoms with E-state index in [2.05, 4.69) is 39.1 Å². The highest BCUT2D eigenvalue weighted by molar-refractivity contribution is 14.0. The third kappa shape index (κ3) is 5.53. The average molecular weight is 446 g/mol. The van der Waals surface area contributed by atoms with Crippen LogP contribution in [0.15, 0.2) is 29.3 Å². The van der Waals surface area contributed by atoms with E-state index in [4.69, 9.17) is 5.73 Å². The number of fused-ring (bicyclic) bond motifs is 1. The van der Waals surface area contributed by atoms with Gasteiger partial charge in [0.1, 0.15) is 0 Å². The van der Waals surface area contributed by atoms with Crippen molar-refractivity contribution in [1.29, 1.82) is 0 Å². The van der Waals surface area contributed by atoms with Crippen molar-refractivity contribution in [2.75, 3.05) is 44.2 Å². The van der Waals surface area contributed by atoms with E-state index in [1.54, 1.807) is 0 Å². The highest BCUT2D eigenvalue weighted by Crippen LogP contribution is 2.18. The SMILES string of the molecule is I.NC(=NCCCN1CCc2ccccc2C1)N1CCSCC1. The predicted octanol–water partition coefficient (Wildman–Crippen LogP) is 2.42. The largest absolute Gasteiger partial charge is 0.370 e. The average Bonchev–Trinajstić information content (AvgIpc) is 2.59. The summed E-state index contributed by atoms with van der Waals surface area (Å²) in [6.07, 6.45) is 2.26. The Bertz CT molecular complexity index is 517. The molecule has 6 heteroatoms. The molecule has 0 unspecified atom stereocenters. The van der Waals surface area contributed by atoms with E-state index in [0.717, 1.165) is 45.1 Å². The molecule has 2 aliphatic rings. The van der Waals surface area contributed by atoms with E-state index in [9.17, 15) is 0 Å². The molecule has 3 rings (SSSR count). The summed E-state index contributed by atoms with van der Waals surface area (Å²) in [6, 6.07) is 8.80. The number of nitrogens with two attached hydrogens (primary N) is 1. The number of rotatable bonds is 4. The van der Waals surface area contributed by atoms with E-state index in [-0.39, 0.29) is 24.0 Å². The molecule has 0 radical (unpaired) electrons. The number of hydrogen-bond acceptors (Lipinski definition) is 3. The zero-order chi connectivity index (χ0) is 15.2. The van der Waals surface area contributed by atoms with Crippen LogP contribution in [0.25, 0.3) is 0 Å². The predicted molar refractivity (Wildman–Crippen MR) is 111 cm³/mol. The maximum absolute atomic E-state index is 6.08. The molecule has 0 aliphatic carbocycles. The van der Waals surface area contributed by atoms with Gasteiger partial charge in [-0.1, -0.05) is 24.3 Å². The van der Waals surface area contributed by atoms with Gasteiger partial charge in [-0.2, -0.15) is 11.8 Å². The van der Waals surface area contributed by atoms with E-state index in [0.29, 0.717) is 0 Å². The topological polar surface area (TPSA) is 44.9 Å². The highest BCUT2D eigenvalue weighted by atomic mass is 127. The van der Waals surface area contributed by atoms with E-state index < -0.39 is 0 Å². The van der Waals surface area contributed by atoms with Crippen LogP contribution in [-0.2, 0) is 13.0 Å². The lowest BCUT2D eigenvalue weighted by atomic mass is 10.00. The van der Waals surface area contributed by atoms with Crippen molar-refractivity contribution in [3.8, 4) is 0 Å². The third-order valence-electron chi connectivity index (χ3n) is 4.45. The lowest BCUT2D eigenvalue weighted by molar-refractivity contribution is 0.252. The van der Waals surface area contributed by atoms with Crippen molar-refractivity contribution in [3.05, 3.63) is 35.4 Å². The molecule has 1 aromatic carbocycles. The van der Waals surface area contributed by atoms with Gasteiger partial charge in [0.05, 0.1) is 0 Å². The maximum atomic E-state index is 6.08. The Hall–Kier alpha value is -0.470. The first kappa shape index (κ1) is 18.9. The summed E-state index contributed by atoms with van der Waals surface area (Å²) in [4.78, 5) is 9.31. The summed E-state index contributed by atoms with van der Waals surface area (Å²) in [7, 11) is 0. The smallest absolute Gasteiger partial charge is 0.191 e. The summed E-state index contributed by atoms with van der Waals surface area (Å²) in [5.74, 6) is 3.08. The first-order chi connectivity index (χ1) is 10.8. The van der Waals surface area contributed by atoms with Crippen LogP contribution in [0.1, 0.15) is 17.5 Å². The van der Waals surface area contributed by atoms with Crippen molar-refractivity contribution < 1.29 is 0 Å². The van der Waals surface area contributed by atoms with Gasteiger partial charge in [-0.3, -0.25) is 9.89 Å². The van der Waals surface area contributed by atoms with Crippen LogP contribution in [0.5, 0.6) is 0 Å². The summed E-state index contributed by atoms with van der Waals surface area (Å²) < 4.78 is 0. The minimum Gasteiger partial charge on any atom is -0.370 e. The zero-order valence-electron chi connectivity index (χ0n) is 13.6. The molecule has 2 N–H and O–H groups in total. The molecule has 4 nitrogen and oxygen atoms in total. The van der Waals surface area contributed by atoms with Gasteiger partial charge in [0, 0.05) is 50.8 Å². The molecule has 0 atom stereocenters. The van der Waals surface area contributed by atoms with Crippen molar-refractivity contribution >= 4 is 41.7 Å². The van der Waals surface area contributed by atoms with Crippen LogP contribution in [-0.4, -0.2) is 60.0 Å². The second-order valence-corrected chi connectivity index (χ2v) is 7.21. The van der Waals surface area contributed by atoms with Crippen molar-refractivity contribution in [3.63, 3.8) is 0 Å².